The molecule has 0 aromatic heterocycles. The Morgan fingerprint density at radius 3 is 2.18 bits per heavy atom. The van der Waals surface area contributed by atoms with Crippen LogP contribution in [0, 0.1) is 0 Å². The van der Waals surface area contributed by atoms with Crippen molar-refractivity contribution in [3.63, 3.8) is 0 Å². The first-order chi connectivity index (χ1) is 10.6. The van der Waals surface area contributed by atoms with Gasteiger partial charge in [-0.2, -0.15) is 4.72 Å². The highest BCUT2D eigenvalue weighted by Crippen LogP contribution is 2.21. The van der Waals surface area contributed by atoms with Crippen molar-refractivity contribution in [2.45, 2.75) is 17.4 Å². The van der Waals surface area contributed by atoms with E-state index in [0.717, 1.165) is 11.1 Å². The fourth-order valence-corrected chi connectivity index (χ4v) is 3.53. The van der Waals surface area contributed by atoms with Crippen LogP contribution in [0.1, 0.15) is 6.42 Å². The van der Waals surface area contributed by atoms with Gasteiger partial charge in [0.2, 0.25) is 10.0 Å². The normalized spacial score (nSPS) is 18.2. The highest BCUT2D eigenvalue weighted by molar-refractivity contribution is 7.89. The molecule has 1 N–H and O–H groups in total. The molecule has 3 rings (SSSR count). The number of benzene rings is 2. The molecule has 1 aliphatic rings. The summed E-state index contributed by atoms with van der Waals surface area (Å²) in [5, 5.41) is 0. The van der Waals surface area contributed by atoms with Gasteiger partial charge in [0.15, 0.2) is 0 Å². The third kappa shape index (κ3) is 3.03. The van der Waals surface area contributed by atoms with Gasteiger partial charge in [0.05, 0.1) is 11.5 Å². The van der Waals surface area contributed by atoms with E-state index < -0.39 is 22.0 Å². The summed E-state index contributed by atoms with van der Waals surface area (Å²) in [6.45, 7) is 0.249. The molecule has 0 amide bonds. The van der Waals surface area contributed by atoms with E-state index in [0.29, 0.717) is 6.42 Å². The second-order valence-corrected chi connectivity index (χ2v) is 6.73. The number of carbonyl (C=O) groups excluding carboxylic acids is 1. The summed E-state index contributed by atoms with van der Waals surface area (Å²) < 4.78 is 31.7. The minimum absolute atomic E-state index is 0.131. The molecule has 1 unspecified atom stereocenters. The van der Waals surface area contributed by atoms with Crippen molar-refractivity contribution in [1.29, 1.82) is 0 Å². The minimum atomic E-state index is -3.73. The molecule has 22 heavy (non-hydrogen) atoms. The van der Waals surface area contributed by atoms with Crippen LogP contribution in [0.15, 0.2) is 59.5 Å². The number of esters is 1. The minimum Gasteiger partial charge on any atom is -0.464 e. The van der Waals surface area contributed by atoms with Gasteiger partial charge in [-0.1, -0.05) is 42.5 Å². The third-order valence-corrected chi connectivity index (χ3v) is 4.99. The second-order valence-electron chi connectivity index (χ2n) is 5.02. The third-order valence-electron chi connectivity index (χ3n) is 3.50. The van der Waals surface area contributed by atoms with Crippen LogP contribution in [0.3, 0.4) is 0 Å². The summed E-state index contributed by atoms with van der Waals surface area (Å²) in [6.07, 6.45) is 0.361. The maximum atomic E-state index is 12.3. The average Bonchev–Trinajstić information content (AvgIpc) is 2.93. The number of cyclic esters (lactones) is 1. The Kier molecular flexibility index (Phi) is 3.96. The molecule has 0 radical (unpaired) electrons. The molecule has 5 nitrogen and oxygen atoms in total. The lowest BCUT2D eigenvalue weighted by molar-refractivity contribution is -0.139. The highest BCUT2D eigenvalue weighted by Gasteiger charge is 2.31. The molecule has 0 bridgehead atoms. The van der Waals surface area contributed by atoms with Crippen molar-refractivity contribution in [3.8, 4) is 11.1 Å². The van der Waals surface area contributed by atoms with Gasteiger partial charge in [-0.25, -0.2) is 8.42 Å². The molecule has 0 saturated carbocycles. The lowest BCUT2D eigenvalue weighted by Crippen LogP contribution is -2.37. The Morgan fingerprint density at radius 1 is 0.955 bits per heavy atom. The van der Waals surface area contributed by atoms with Crippen LogP contribution in [0.25, 0.3) is 11.1 Å². The zero-order valence-corrected chi connectivity index (χ0v) is 12.5. The van der Waals surface area contributed by atoms with E-state index in [9.17, 15) is 13.2 Å². The standard InChI is InChI=1S/C16H15NO4S/c18-16-15(10-11-21-16)17-22(19,20)14-8-6-13(7-9-14)12-4-2-1-3-5-12/h1-9,15,17H,10-11H2. The van der Waals surface area contributed by atoms with Crippen LogP contribution in [0.2, 0.25) is 0 Å². The van der Waals surface area contributed by atoms with Gasteiger partial charge in [0, 0.05) is 6.42 Å². The molecule has 1 fully saturated rings. The van der Waals surface area contributed by atoms with E-state index in [1.54, 1.807) is 12.1 Å². The van der Waals surface area contributed by atoms with Gasteiger partial charge >= 0.3 is 5.97 Å². The van der Waals surface area contributed by atoms with E-state index in [2.05, 4.69) is 4.72 Å². The lowest BCUT2D eigenvalue weighted by atomic mass is 10.1. The van der Waals surface area contributed by atoms with Crippen molar-refractivity contribution >= 4 is 16.0 Å². The molecule has 1 aliphatic heterocycles. The average molecular weight is 317 g/mol. The van der Waals surface area contributed by atoms with Crippen LogP contribution in [0.4, 0.5) is 0 Å². The topological polar surface area (TPSA) is 72.5 Å². The summed E-state index contributed by atoms with van der Waals surface area (Å²) in [5.41, 5.74) is 1.94. The number of sulfonamides is 1. The Bertz CT molecular complexity index is 770. The van der Waals surface area contributed by atoms with E-state index in [1.165, 1.54) is 12.1 Å². The molecule has 6 heteroatoms. The van der Waals surface area contributed by atoms with Crippen molar-refractivity contribution in [2.75, 3.05) is 6.61 Å². The van der Waals surface area contributed by atoms with Gasteiger partial charge in [0.25, 0.3) is 0 Å². The number of nitrogens with one attached hydrogen (secondary N) is 1. The number of hydrogen-bond donors (Lipinski definition) is 1. The van der Waals surface area contributed by atoms with Crippen molar-refractivity contribution < 1.29 is 17.9 Å². The molecule has 0 spiro atoms. The van der Waals surface area contributed by atoms with E-state index in [-0.39, 0.29) is 11.5 Å². The molecule has 0 aliphatic carbocycles. The Morgan fingerprint density at radius 2 is 1.59 bits per heavy atom. The largest absolute Gasteiger partial charge is 0.464 e. The molecule has 1 saturated heterocycles. The molecule has 1 atom stereocenters. The van der Waals surface area contributed by atoms with E-state index >= 15 is 0 Å². The van der Waals surface area contributed by atoms with Gasteiger partial charge in [-0.3, -0.25) is 4.79 Å². The predicted molar refractivity (Wildman–Crippen MR) is 81.6 cm³/mol. The molecule has 2 aromatic carbocycles. The van der Waals surface area contributed by atoms with Gasteiger partial charge in [-0.15, -0.1) is 0 Å². The monoisotopic (exact) mass is 317 g/mol. The van der Waals surface area contributed by atoms with Crippen molar-refractivity contribution in [2.24, 2.45) is 0 Å². The van der Waals surface area contributed by atoms with Gasteiger partial charge in [0.1, 0.15) is 6.04 Å². The highest BCUT2D eigenvalue weighted by atomic mass is 32.2. The number of ether oxygens (including phenoxy) is 1. The summed E-state index contributed by atoms with van der Waals surface area (Å²) in [6, 6.07) is 15.4. The zero-order valence-electron chi connectivity index (χ0n) is 11.7. The van der Waals surface area contributed by atoms with Crippen LogP contribution in [0.5, 0.6) is 0 Å². The van der Waals surface area contributed by atoms with Crippen LogP contribution in [-0.4, -0.2) is 27.0 Å². The lowest BCUT2D eigenvalue weighted by Gasteiger charge is -2.10. The first-order valence-corrected chi connectivity index (χ1v) is 8.39. The summed E-state index contributed by atoms with van der Waals surface area (Å²) in [5.74, 6) is -0.524. The smallest absolute Gasteiger partial charge is 0.324 e. The van der Waals surface area contributed by atoms with Gasteiger partial charge < -0.3 is 4.74 Å². The summed E-state index contributed by atoms with van der Waals surface area (Å²) in [4.78, 5) is 11.5. The molecule has 1 heterocycles. The van der Waals surface area contributed by atoms with E-state index in [4.69, 9.17) is 4.74 Å². The second kappa shape index (κ2) is 5.90. The van der Waals surface area contributed by atoms with Crippen LogP contribution >= 0.6 is 0 Å². The Balaban J connectivity index is 1.81. The maximum absolute atomic E-state index is 12.3. The van der Waals surface area contributed by atoms with Crippen molar-refractivity contribution in [3.05, 3.63) is 54.6 Å². The number of carbonyl (C=O) groups is 1. The van der Waals surface area contributed by atoms with Crippen LogP contribution in [-0.2, 0) is 19.6 Å². The molecule has 114 valence electrons. The van der Waals surface area contributed by atoms with E-state index in [1.807, 2.05) is 30.3 Å². The fourth-order valence-electron chi connectivity index (χ4n) is 2.32. The Hall–Kier alpha value is -2.18. The van der Waals surface area contributed by atoms with Crippen molar-refractivity contribution in [1.82, 2.24) is 4.72 Å². The maximum Gasteiger partial charge on any atom is 0.324 e. The SMILES string of the molecule is O=C1OCCC1NS(=O)(=O)c1ccc(-c2ccccc2)cc1. The first-order valence-electron chi connectivity index (χ1n) is 6.91. The quantitative estimate of drug-likeness (QED) is 0.875. The number of rotatable bonds is 4. The first kappa shape index (κ1) is 14.7. The summed E-state index contributed by atoms with van der Waals surface area (Å²) >= 11 is 0. The fraction of sp³-hybridized carbons (Fsp3) is 0.188. The summed E-state index contributed by atoms with van der Waals surface area (Å²) in [7, 11) is -3.73. The predicted octanol–water partition coefficient (Wildman–Crippen LogP) is 1.95. The van der Waals surface area contributed by atoms with Gasteiger partial charge in [-0.05, 0) is 23.3 Å². The zero-order chi connectivity index (χ0) is 15.6. The number of hydrogen-bond acceptors (Lipinski definition) is 4. The van der Waals surface area contributed by atoms with Crippen LogP contribution < -0.4 is 4.72 Å². The Labute approximate surface area is 129 Å². The molecular weight excluding hydrogens is 302 g/mol. The molecule has 2 aromatic rings. The molecular formula is C16H15NO4S.